The number of aromatic nitrogens is 2. The molecule has 1 aromatic heterocycles. The average Bonchev–Trinajstić information content (AvgIpc) is 2.54. The van der Waals surface area contributed by atoms with Crippen molar-refractivity contribution in [2.75, 3.05) is 11.5 Å². The van der Waals surface area contributed by atoms with Crippen molar-refractivity contribution in [2.45, 2.75) is 18.9 Å². The molecule has 7 heteroatoms. The van der Waals surface area contributed by atoms with Crippen molar-refractivity contribution in [3.8, 4) is 0 Å². The van der Waals surface area contributed by atoms with Crippen molar-refractivity contribution >= 4 is 15.7 Å². The van der Waals surface area contributed by atoms with E-state index in [-0.39, 0.29) is 17.2 Å². The molecule has 17 heavy (non-hydrogen) atoms. The van der Waals surface area contributed by atoms with E-state index in [1.54, 1.807) is 6.92 Å². The molecule has 0 aliphatic carbocycles. The highest BCUT2D eigenvalue weighted by Crippen LogP contribution is 2.22. The molecule has 2 heterocycles. The Morgan fingerprint density at radius 3 is 2.76 bits per heavy atom. The standard InChI is InChI=1S/C10H13N3O3S/c1-10(2-5-17(15,16)7-10)13-9(14)8-6-11-3-4-12-8/h3-4,6H,2,5,7H2,1H3,(H,13,14)/t10-/m1/s1. The van der Waals surface area contributed by atoms with Crippen LogP contribution in [-0.4, -0.2) is 41.3 Å². The van der Waals surface area contributed by atoms with Gasteiger partial charge in [0.1, 0.15) is 5.69 Å². The molecule has 92 valence electrons. The molecule has 0 spiro atoms. The van der Waals surface area contributed by atoms with E-state index in [9.17, 15) is 13.2 Å². The topological polar surface area (TPSA) is 89.0 Å². The van der Waals surface area contributed by atoms with Gasteiger partial charge in [-0.3, -0.25) is 9.78 Å². The van der Waals surface area contributed by atoms with E-state index in [0.717, 1.165) is 0 Å². The van der Waals surface area contributed by atoms with Crippen LogP contribution in [0.2, 0.25) is 0 Å². The summed E-state index contributed by atoms with van der Waals surface area (Å²) in [5.74, 6) is -0.298. The molecule has 2 rings (SSSR count). The number of sulfone groups is 1. The smallest absolute Gasteiger partial charge is 0.271 e. The minimum absolute atomic E-state index is 0.0218. The van der Waals surface area contributed by atoms with Gasteiger partial charge in [-0.15, -0.1) is 0 Å². The highest BCUT2D eigenvalue weighted by atomic mass is 32.2. The minimum atomic E-state index is -3.03. The first-order valence-corrected chi connectivity index (χ1v) is 7.01. The normalized spacial score (nSPS) is 26.6. The first kappa shape index (κ1) is 12.0. The summed E-state index contributed by atoms with van der Waals surface area (Å²) in [4.78, 5) is 19.5. The lowest BCUT2D eigenvalue weighted by Gasteiger charge is -2.23. The summed E-state index contributed by atoms with van der Waals surface area (Å²) in [7, 11) is -3.03. The van der Waals surface area contributed by atoms with E-state index in [1.165, 1.54) is 18.6 Å². The van der Waals surface area contributed by atoms with Crippen LogP contribution in [0.1, 0.15) is 23.8 Å². The Morgan fingerprint density at radius 1 is 1.47 bits per heavy atom. The van der Waals surface area contributed by atoms with Crippen molar-refractivity contribution in [3.63, 3.8) is 0 Å². The Bertz CT molecular complexity index is 529. The monoisotopic (exact) mass is 255 g/mol. The fourth-order valence-electron chi connectivity index (χ4n) is 1.86. The summed E-state index contributed by atoms with van der Waals surface area (Å²) < 4.78 is 22.8. The number of nitrogens with one attached hydrogen (secondary N) is 1. The number of rotatable bonds is 2. The summed E-state index contributed by atoms with van der Waals surface area (Å²) in [6.07, 6.45) is 4.67. The van der Waals surface area contributed by atoms with E-state index < -0.39 is 21.3 Å². The third kappa shape index (κ3) is 2.79. The Hall–Kier alpha value is -1.50. The minimum Gasteiger partial charge on any atom is -0.344 e. The molecular weight excluding hydrogens is 242 g/mol. The Labute approximate surface area is 99.4 Å². The molecule has 0 aromatic carbocycles. The van der Waals surface area contributed by atoms with E-state index in [4.69, 9.17) is 0 Å². The van der Waals surface area contributed by atoms with Gasteiger partial charge < -0.3 is 5.32 Å². The zero-order chi connectivity index (χ0) is 12.5. The van der Waals surface area contributed by atoms with Gasteiger partial charge in [0, 0.05) is 12.4 Å². The third-order valence-corrected chi connectivity index (χ3v) is 4.62. The third-order valence-electron chi connectivity index (χ3n) is 2.71. The lowest BCUT2D eigenvalue weighted by atomic mass is 10.0. The molecule has 0 saturated carbocycles. The van der Waals surface area contributed by atoms with E-state index >= 15 is 0 Å². The fourth-order valence-corrected chi connectivity index (χ4v) is 3.96. The summed E-state index contributed by atoms with van der Waals surface area (Å²) in [5, 5.41) is 2.71. The van der Waals surface area contributed by atoms with Gasteiger partial charge >= 0.3 is 0 Å². The second-order valence-electron chi connectivity index (χ2n) is 4.45. The second kappa shape index (κ2) is 4.06. The van der Waals surface area contributed by atoms with Crippen LogP contribution < -0.4 is 5.32 Å². The Kier molecular flexibility index (Phi) is 2.86. The first-order valence-electron chi connectivity index (χ1n) is 5.19. The lowest BCUT2D eigenvalue weighted by molar-refractivity contribution is 0.0910. The summed E-state index contributed by atoms with van der Waals surface area (Å²) in [6.45, 7) is 1.73. The number of hydrogen-bond donors (Lipinski definition) is 1. The van der Waals surface area contributed by atoms with Crippen molar-refractivity contribution in [1.29, 1.82) is 0 Å². The van der Waals surface area contributed by atoms with Gasteiger partial charge in [0.2, 0.25) is 0 Å². The molecule has 1 amide bonds. The van der Waals surface area contributed by atoms with Gasteiger partial charge in [0.25, 0.3) is 5.91 Å². The summed E-state index contributed by atoms with van der Waals surface area (Å²) in [6, 6.07) is 0. The lowest BCUT2D eigenvalue weighted by Crippen LogP contribution is -2.47. The highest BCUT2D eigenvalue weighted by Gasteiger charge is 2.39. The number of carbonyl (C=O) groups is 1. The van der Waals surface area contributed by atoms with Crippen LogP contribution in [0, 0.1) is 0 Å². The first-order chi connectivity index (χ1) is 7.90. The fraction of sp³-hybridized carbons (Fsp3) is 0.500. The van der Waals surface area contributed by atoms with Gasteiger partial charge in [-0.05, 0) is 13.3 Å². The number of carbonyl (C=O) groups excluding carboxylic acids is 1. The predicted octanol–water partition coefficient (Wildman–Crippen LogP) is -0.216. The largest absolute Gasteiger partial charge is 0.344 e. The van der Waals surface area contributed by atoms with Crippen molar-refractivity contribution < 1.29 is 13.2 Å². The van der Waals surface area contributed by atoms with Crippen LogP contribution in [0.15, 0.2) is 18.6 Å². The van der Waals surface area contributed by atoms with Gasteiger partial charge in [-0.1, -0.05) is 0 Å². The molecule has 1 N–H and O–H groups in total. The number of amides is 1. The summed E-state index contributed by atoms with van der Waals surface area (Å²) in [5.41, 5.74) is -0.508. The molecule has 6 nitrogen and oxygen atoms in total. The molecule has 0 bridgehead atoms. The van der Waals surface area contributed by atoms with E-state index in [2.05, 4.69) is 15.3 Å². The van der Waals surface area contributed by atoms with Gasteiger partial charge in [0.05, 0.1) is 23.2 Å². The highest BCUT2D eigenvalue weighted by molar-refractivity contribution is 7.91. The molecule has 0 unspecified atom stereocenters. The zero-order valence-electron chi connectivity index (χ0n) is 9.38. The predicted molar refractivity (Wildman–Crippen MR) is 61.2 cm³/mol. The van der Waals surface area contributed by atoms with Crippen molar-refractivity contribution in [3.05, 3.63) is 24.3 Å². The van der Waals surface area contributed by atoms with Crippen LogP contribution in [0.25, 0.3) is 0 Å². The average molecular weight is 255 g/mol. The Balaban J connectivity index is 2.10. The maximum Gasteiger partial charge on any atom is 0.271 e. The van der Waals surface area contributed by atoms with E-state index in [0.29, 0.717) is 6.42 Å². The maximum absolute atomic E-state index is 11.8. The van der Waals surface area contributed by atoms with Crippen LogP contribution in [-0.2, 0) is 9.84 Å². The molecule has 1 aromatic rings. The van der Waals surface area contributed by atoms with Gasteiger partial charge in [0.15, 0.2) is 9.84 Å². The summed E-state index contributed by atoms with van der Waals surface area (Å²) >= 11 is 0. The molecular formula is C10H13N3O3S. The number of nitrogens with zero attached hydrogens (tertiary/aromatic N) is 2. The van der Waals surface area contributed by atoms with Crippen LogP contribution >= 0.6 is 0 Å². The van der Waals surface area contributed by atoms with Crippen LogP contribution in [0.5, 0.6) is 0 Å². The van der Waals surface area contributed by atoms with Crippen LogP contribution in [0.4, 0.5) is 0 Å². The molecule has 1 fully saturated rings. The second-order valence-corrected chi connectivity index (χ2v) is 6.63. The SMILES string of the molecule is C[C@@]1(NC(=O)c2cnccn2)CCS(=O)(=O)C1. The molecule has 0 radical (unpaired) electrons. The zero-order valence-corrected chi connectivity index (χ0v) is 10.2. The van der Waals surface area contributed by atoms with Gasteiger partial charge in [-0.2, -0.15) is 0 Å². The molecule has 1 saturated heterocycles. The van der Waals surface area contributed by atoms with Crippen molar-refractivity contribution in [1.82, 2.24) is 15.3 Å². The van der Waals surface area contributed by atoms with E-state index in [1.807, 2.05) is 0 Å². The quantitative estimate of drug-likeness (QED) is 0.789. The molecule has 1 aliphatic rings. The maximum atomic E-state index is 11.8. The van der Waals surface area contributed by atoms with Gasteiger partial charge in [-0.25, -0.2) is 13.4 Å². The molecule has 1 atom stereocenters. The molecule has 1 aliphatic heterocycles. The number of hydrogen-bond acceptors (Lipinski definition) is 5. The Morgan fingerprint density at radius 2 is 2.24 bits per heavy atom. The van der Waals surface area contributed by atoms with Crippen molar-refractivity contribution in [2.24, 2.45) is 0 Å². The van der Waals surface area contributed by atoms with Crippen LogP contribution in [0.3, 0.4) is 0 Å².